The van der Waals surface area contributed by atoms with Crippen LogP contribution in [-0.2, 0) is 20.3 Å². The highest BCUT2D eigenvalue weighted by molar-refractivity contribution is 7.70. The Bertz CT molecular complexity index is 1950. The normalized spacial score (nSPS) is 16.0. The van der Waals surface area contributed by atoms with Gasteiger partial charge in [0, 0.05) is 62.9 Å². The smallest absolute Gasteiger partial charge is 0.421 e. The Balaban J connectivity index is 1.38. The van der Waals surface area contributed by atoms with Crippen molar-refractivity contribution in [1.29, 1.82) is 0 Å². The molecule has 1 aromatic heterocycles. The van der Waals surface area contributed by atoms with E-state index in [9.17, 15) is 31.7 Å². The van der Waals surface area contributed by atoms with Crippen LogP contribution in [0.5, 0.6) is 5.75 Å². The molecule has 298 valence electrons. The average Bonchev–Trinajstić information content (AvgIpc) is 3.10. The Morgan fingerprint density at radius 2 is 1.60 bits per heavy atom. The van der Waals surface area contributed by atoms with Crippen molar-refractivity contribution in [3.05, 3.63) is 60.6 Å². The molecule has 55 heavy (non-hydrogen) atoms. The van der Waals surface area contributed by atoms with E-state index in [0.29, 0.717) is 56.5 Å². The first-order chi connectivity index (χ1) is 25.7. The number of piperazine rings is 1. The van der Waals surface area contributed by atoms with E-state index < -0.39 is 42.0 Å². The molecule has 0 saturated carbocycles. The summed E-state index contributed by atoms with van der Waals surface area (Å²) in [6, 6.07) is 9.67. The van der Waals surface area contributed by atoms with Crippen LogP contribution in [0, 0.1) is 0 Å². The predicted octanol–water partition coefficient (Wildman–Crippen LogP) is 7.18. The van der Waals surface area contributed by atoms with Crippen LogP contribution in [0.1, 0.15) is 39.2 Å². The average molecular weight is 791 g/mol. The summed E-state index contributed by atoms with van der Waals surface area (Å²) in [5.41, 5.74) is -0.646. The summed E-state index contributed by atoms with van der Waals surface area (Å²) in [6.07, 6.45) is -3.00. The van der Waals surface area contributed by atoms with E-state index in [1.165, 1.54) is 32.6 Å². The maximum Gasteiger partial charge on any atom is 0.421 e. The maximum atomic E-state index is 14.1. The number of anilines is 6. The zero-order valence-electron chi connectivity index (χ0n) is 31.7. The van der Waals surface area contributed by atoms with E-state index in [2.05, 4.69) is 37.4 Å². The van der Waals surface area contributed by atoms with Gasteiger partial charge in [0.25, 0.3) is 5.91 Å². The molecule has 0 spiro atoms. The molecular formula is C37H47F4N8O5P. The molecule has 0 bridgehead atoms. The first-order valence-electron chi connectivity index (χ1n) is 17.7. The van der Waals surface area contributed by atoms with Gasteiger partial charge in [0.05, 0.1) is 29.9 Å². The molecule has 3 N–H and O–H groups in total. The monoisotopic (exact) mass is 790 g/mol. The Kier molecular flexibility index (Phi) is 12.4. The topological polar surface area (TPSA) is 141 Å². The molecule has 2 aromatic carbocycles. The van der Waals surface area contributed by atoms with Crippen LogP contribution < -0.4 is 30.9 Å². The summed E-state index contributed by atoms with van der Waals surface area (Å²) in [5.74, 6) is -2.89. The molecule has 5 rings (SSSR count). The minimum atomic E-state index is -4.83. The lowest BCUT2D eigenvalue weighted by molar-refractivity contribution is -0.137. The molecule has 2 saturated heterocycles. The molecule has 0 radical (unpaired) electrons. The highest BCUT2D eigenvalue weighted by Crippen LogP contribution is 2.42. The number of hydrogen-bond acceptors (Lipinski definition) is 11. The molecule has 2 aliphatic rings. The van der Waals surface area contributed by atoms with Crippen LogP contribution in [0.15, 0.2) is 55.0 Å². The number of rotatable bonds is 10. The van der Waals surface area contributed by atoms with Gasteiger partial charge in [-0.05, 0) is 65.1 Å². The number of carbonyl (C=O) groups is 2. The molecule has 2 aliphatic heterocycles. The number of carbonyl (C=O) groups excluding carboxylic acids is 2. The second kappa shape index (κ2) is 16.5. The molecule has 13 nitrogen and oxygen atoms in total. The molecule has 2 fully saturated rings. The van der Waals surface area contributed by atoms with E-state index in [1.54, 1.807) is 29.2 Å². The largest absolute Gasteiger partial charge is 0.494 e. The third-order valence-corrected chi connectivity index (χ3v) is 10.7. The van der Waals surface area contributed by atoms with Gasteiger partial charge in [-0.2, -0.15) is 18.2 Å². The van der Waals surface area contributed by atoms with Crippen molar-refractivity contribution in [3.8, 4) is 5.75 Å². The summed E-state index contributed by atoms with van der Waals surface area (Å²) >= 11 is 0. The van der Waals surface area contributed by atoms with Gasteiger partial charge >= 0.3 is 12.3 Å². The summed E-state index contributed by atoms with van der Waals surface area (Å²) < 4.78 is 80.5. The predicted molar refractivity (Wildman–Crippen MR) is 206 cm³/mol. The number of piperidine rings is 1. The zero-order valence-corrected chi connectivity index (χ0v) is 32.6. The summed E-state index contributed by atoms with van der Waals surface area (Å²) in [4.78, 5) is 39.3. The number of nitrogens with zero attached hydrogens (tertiary/aromatic N) is 5. The minimum Gasteiger partial charge on any atom is -0.494 e. The Hall–Kier alpha value is -4.89. The first kappa shape index (κ1) is 41.3. The summed E-state index contributed by atoms with van der Waals surface area (Å²) in [5, 5.41) is 8.46. The highest BCUT2D eigenvalue weighted by Gasteiger charge is 2.36. The molecule has 0 atom stereocenters. The number of aromatic nitrogens is 2. The molecule has 0 unspecified atom stereocenters. The standard InChI is InChI=1S/C37H47F4N8O5P/c1-23(38)33(50)44-27-20-28(45-34-42-22-25(37(39,40)41)32(46-34)43-26-10-8-9-11-31(26)55(6,7)52)30(53-5)21-29(27)48-14-12-24(13-15-48)47-16-18-49(19-17-47)35(51)54-36(2,3)4/h8-11,20-22,24H,1,12-19H2,2-7H3,(H,44,50)(H2,42,43,45,46). The van der Waals surface area contributed by atoms with Crippen LogP contribution in [0.4, 0.5) is 56.9 Å². The van der Waals surface area contributed by atoms with Crippen LogP contribution in [0.25, 0.3) is 0 Å². The fraction of sp³-hybridized carbons (Fsp3) is 0.459. The van der Waals surface area contributed by atoms with Gasteiger partial charge in [-0.15, -0.1) is 0 Å². The van der Waals surface area contributed by atoms with E-state index in [4.69, 9.17) is 9.47 Å². The van der Waals surface area contributed by atoms with Crippen molar-refractivity contribution in [2.24, 2.45) is 0 Å². The number of amides is 2. The van der Waals surface area contributed by atoms with Crippen molar-refractivity contribution in [2.45, 2.75) is 51.4 Å². The maximum absolute atomic E-state index is 14.1. The second-order valence-corrected chi connectivity index (χ2v) is 17.9. The van der Waals surface area contributed by atoms with Gasteiger partial charge < -0.3 is 39.8 Å². The third-order valence-electron chi connectivity index (χ3n) is 9.18. The van der Waals surface area contributed by atoms with E-state index in [1.807, 2.05) is 25.7 Å². The highest BCUT2D eigenvalue weighted by atomic mass is 31.2. The lowest BCUT2D eigenvalue weighted by Crippen LogP contribution is -2.55. The summed E-state index contributed by atoms with van der Waals surface area (Å²) in [6.45, 7) is 15.3. The minimum absolute atomic E-state index is 0.168. The van der Waals surface area contributed by atoms with Crippen molar-refractivity contribution in [2.75, 3.05) is 80.6 Å². The lowest BCUT2D eigenvalue weighted by Gasteiger charge is -2.43. The number of ether oxygens (including phenoxy) is 2. The number of methoxy groups -OCH3 is 1. The first-order valence-corrected chi connectivity index (χ1v) is 20.3. The molecule has 18 heteroatoms. The Morgan fingerprint density at radius 1 is 0.945 bits per heavy atom. The van der Waals surface area contributed by atoms with Crippen LogP contribution >= 0.6 is 7.14 Å². The fourth-order valence-corrected chi connectivity index (χ4v) is 7.65. The van der Waals surface area contributed by atoms with Gasteiger partial charge in [0.1, 0.15) is 29.9 Å². The van der Waals surface area contributed by atoms with Crippen LogP contribution in [0.3, 0.4) is 0 Å². The third kappa shape index (κ3) is 10.5. The van der Waals surface area contributed by atoms with Gasteiger partial charge in [0.15, 0.2) is 5.83 Å². The Morgan fingerprint density at radius 3 is 2.18 bits per heavy atom. The molecule has 3 aromatic rings. The second-order valence-electron chi connectivity index (χ2n) is 14.7. The molecular weight excluding hydrogens is 743 g/mol. The van der Waals surface area contributed by atoms with Crippen molar-refractivity contribution in [3.63, 3.8) is 0 Å². The molecule has 2 amide bonds. The number of para-hydroxylation sites is 1. The fourth-order valence-electron chi connectivity index (χ4n) is 6.50. The Labute approximate surface area is 317 Å². The molecule has 0 aliphatic carbocycles. The van der Waals surface area contributed by atoms with Crippen LogP contribution in [0.2, 0.25) is 0 Å². The van der Waals surface area contributed by atoms with Gasteiger partial charge in [-0.1, -0.05) is 18.7 Å². The lowest BCUT2D eigenvalue weighted by atomic mass is 10.0. The van der Waals surface area contributed by atoms with Gasteiger partial charge in [0.2, 0.25) is 5.95 Å². The van der Waals surface area contributed by atoms with E-state index >= 15 is 0 Å². The summed E-state index contributed by atoms with van der Waals surface area (Å²) in [7, 11) is -1.50. The van der Waals surface area contributed by atoms with Gasteiger partial charge in [-0.3, -0.25) is 9.69 Å². The van der Waals surface area contributed by atoms with Crippen molar-refractivity contribution in [1.82, 2.24) is 19.8 Å². The van der Waals surface area contributed by atoms with Gasteiger partial charge in [-0.25, -0.2) is 14.2 Å². The number of nitrogens with one attached hydrogen (secondary N) is 3. The van der Waals surface area contributed by atoms with Crippen molar-refractivity contribution < 1.29 is 41.2 Å². The van der Waals surface area contributed by atoms with E-state index in [-0.39, 0.29) is 40.9 Å². The number of halogens is 4. The van der Waals surface area contributed by atoms with Crippen LogP contribution in [-0.4, -0.2) is 103 Å². The number of hydrogen-bond donors (Lipinski definition) is 3. The quantitative estimate of drug-likeness (QED) is 0.109. The zero-order chi connectivity index (χ0) is 40.3. The number of benzene rings is 2. The van der Waals surface area contributed by atoms with E-state index in [0.717, 1.165) is 12.8 Å². The van der Waals surface area contributed by atoms with Crippen molar-refractivity contribution >= 4 is 59.0 Å². The molecule has 3 heterocycles. The number of alkyl halides is 3. The SMILES string of the molecule is C=C(F)C(=O)Nc1cc(Nc2ncc(C(F)(F)F)c(Nc3ccccc3P(C)(C)=O)n2)c(OC)cc1N1CCC(N2CCN(C(=O)OC(C)(C)C)CC2)CC1.